The standard InChI is InChI=1S/C11H15N3O6S/c1-7-5-8(14(16)17)3-4-9(7)13-21(18,19)10(6-12)11(15)20-2/h3-5,10,13H,6,12H2,1-2H3/t10-/m0/s1. The van der Waals surface area contributed by atoms with Gasteiger partial charge in [0.15, 0.2) is 5.25 Å². The molecule has 3 N–H and O–H groups in total. The van der Waals surface area contributed by atoms with Crippen LogP contribution in [0.25, 0.3) is 0 Å². The number of nitrogens with two attached hydrogens (primary N) is 1. The summed E-state index contributed by atoms with van der Waals surface area (Å²) in [7, 11) is -3.06. The van der Waals surface area contributed by atoms with Gasteiger partial charge in [-0.05, 0) is 18.6 Å². The van der Waals surface area contributed by atoms with Crippen LogP contribution in [0.4, 0.5) is 11.4 Å². The Morgan fingerprint density at radius 2 is 2.14 bits per heavy atom. The van der Waals surface area contributed by atoms with Crippen LogP contribution in [-0.4, -0.2) is 38.2 Å². The predicted molar refractivity (Wildman–Crippen MR) is 75.2 cm³/mol. The van der Waals surface area contributed by atoms with Crippen LogP contribution < -0.4 is 10.5 Å². The number of ether oxygens (including phenoxy) is 1. The van der Waals surface area contributed by atoms with Gasteiger partial charge in [-0.2, -0.15) is 0 Å². The first-order chi connectivity index (χ1) is 9.72. The van der Waals surface area contributed by atoms with E-state index in [9.17, 15) is 23.3 Å². The van der Waals surface area contributed by atoms with Gasteiger partial charge in [-0.3, -0.25) is 19.6 Å². The van der Waals surface area contributed by atoms with Gasteiger partial charge in [0.05, 0.1) is 17.7 Å². The van der Waals surface area contributed by atoms with Gasteiger partial charge >= 0.3 is 5.97 Å². The third-order valence-corrected chi connectivity index (χ3v) is 4.36. The number of carbonyl (C=O) groups excluding carboxylic acids is 1. The summed E-state index contributed by atoms with van der Waals surface area (Å²) < 4.78 is 30.7. The first-order valence-electron chi connectivity index (χ1n) is 5.77. The fraction of sp³-hybridized carbons (Fsp3) is 0.364. The Kier molecular flexibility index (Phi) is 5.22. The Bertz CT molecular complexity index is 658. The number of benzene rings is 1. The van der Waals surface area contributed by atoms with Gasteiger partial charge in [-0.1, -0.05) is 0 Å². The van der Waals surface area contributed by atoms with Crippen molar-refractivity contribution < 1.29 is 22.9 Å². The number of nitro groups is 1. The topological polar surface area (TPSA) is 142 Å². The van der Waals surface area contributed by atoms with Gasteiger partial charge in [0, 0.05) is 18.7 Å². The molecule has 0 saturated carbocycles. The van der Waals surface area contributed by atoms with Crippen molar-refractivity contribution in [2.75, 3.05) is 18.4 Å². The molecule has 0 radical (unpaired) electrons. The molecule has 9 nitrogen and oxygen atoms in total. The molecule has 0 fully saturated rings. The zero-order valence-corrected chi connectivity index (χ0v) is 12.2. The molecule has 0 bridgehead atoms. The number of aryl methyl sites for hydroxylation is 1. The van der Waals surface area contributed by atoms with Crippen LogP contribution in [0.5, 0.6) is 0 Å². The Morgan fingerprint density at radius 1 is 1.52 bits per heavy atom. The minimum atomic E-state index is -4.11. The monoisotopic (exact) mass is 317 g/mol. The Labute approximate surface area is 121 Å². The first-order valence-corrected chi connectivity index (χ1v) is 7.32. The minimum absolute atomic E-state index is 0.128. The van der Waals surface area contributed by atoms with E-state index in [0.717, 1.165) is 13.2 Å². The quantitative estimate of drug-likeness (QED) is 0.432. The lowest BCUT2D eigenvalue weighted by Gasteiger charge is -2.16. The van der Waals surface area contributed by atoms with Crippen molar-refractivity contribution in [3.8, 4) is 0 Å². The number of rotatable bonds is 6. The van der Waals surface area contributed by atoms with E-state index in [1.165, 1.54) is 19.1 Å². The van der Waals surface area contributed by atoms with E-state index in [4.69, 9.17) is 5.73 Å². The van der Waals surface area contributed by atoms with E-state index in [0.29, 0.717) is 5.56 Å². The summed E-state index contributed by atoms with van der Waals surface area (Å²) in [5, 5.41) is 9.06. The van der Waals surface area contributed by atoms with Gasteiger partial charge in [-0.15, -0.1) is 0 Å². The molecule has 0 unspecified atom stereocenters. The number of carbonyl (C=O) groups is 1. The van der Waals surface area contributed by atoms with Crippen LogP contribution in [-0.2, 0) is 19.6 Å². The Balaban J connectivity index is 3.09. The number of esters is 1. The largest absolute Gasteiger partial charge is 0.468 e. The van der Waals surface area contributed by atoms with E-state index < -0.39 is 32.7 Å². The van der Waals surface area contributed by atoms with Crippen LogP contribution in [0, 0.1) is 17.0 Å². The summed E-state index contributed by atoms with van der Waals surface area (Å²) in [5.41, 5.74) is 5.58. The molecule has 0 saturated heterocycles. The summed E-state index contributed by atoms with van der Waals surface area (Å²) in [4.78, 5) is 21.4. The SMILES string of the molecule is COC(=O)[C@H](CN)S(=O)(=O)Nc1ccc([N+](=O)[O-])cc1C. The second-order valence-electron chi connectivity index (χ2n) is 4.15. The van der Waals surface area contributed by atoms with Gasteiger partial charge in [0.1, 0.15) is 0 Å². The number of nitrogens with one attached hydrogen (secondary N) is 1. The molecule has 1 aromatic rings. The maximum atomic E-state index is 12.1. The fourth-order valence-electron chi connectivity index (χ4n) is 1.58. The molecule has 1 aromatic carbocycles. The third-order valence-electron chi connectivity index (χ3n) is 2.73. The third kappa shape index (κ3) is 3.89. The average molecular weight is 317 g/mol. The number of anilines is 1. The lowest BCUT2D eigenvalue weighted by molar-refractivity contribution is -0.384. The molecule has 116 valence electrons. The first kappa shape index (κ1) is 16.9. The van der Waals surface area contributed by atoms with E-state index in [-0.39, 0.29) is 11.4 Å². The van der Waals surface area contributed by atoms with Crippen LogP contribution in [0.1, 0.15) is 5.56 Å². The molecule has 0 aliphatic heterocycles. The highest BCUT2D eigenvalue weighted by atomic mass is 32.2. The molecule has 0 spiro atoms. The van der Waals surface area contributed by atoms with Crippen LogP contribution in [0.3, 0.4) is 0 Å². The molecule has 1 rings (SSSR count). The summed E-state index contributed by atoms with van der Waals surface area (Å²) >= 11 is 0. The van der Waals surface area contributed by atoms with Crippen molar-refractivity contribution in [1.82, 2.24) is 0 Å². The lowest BCUT2D eigenvalue weighted by Crippen LogP contribution is -2.41. The normalized spacial score (nSPS) is 12.5. The molecule has 0 aliphatic carbocycles. The smallest absolute Gasteiger partial charge is 0.327 e. The second kappa shape index (κ2) is 6.50. The zero-order chi connectivity index (χ0) is 16.2. The van der Waals surface area contributed by atoms with Gasteiger partial charge < -0.3 is 10.5 Å². The second-order valence-corrected chi connectivity index (χ2v) is 6.01. The van der Waals surface area contributed by atoms with Crippen molar-refractivity contribution in [1.29, 1.82) is 0 Å². The van der Waals surface area contributed by atoms with Crippen molar-refractivity contribution in [3.05, 3.63) is 33.9 Å². The molecular formula is C11H15N3O6S. The molecule has 10 heteroatoms. The van der Waals surface area contributed by atoms with Crippen molar-refractivity contribution in [3.63, 3.8) is 0 Å². The number of hydrogen-bond acceptors (Lipinski definition) is 7. The number of nitro benzene ring substituents is 1. The Morgan fingerprint density at radius 3 is 2.57 bits per heavy atom. The van der Waals surface area contributed by atoms with E-state index >= 15 is 0 Å². The highest BCUT2D eigenvalue weighted by molar-refractivity contribution is 7.94. The van der Waals surface area contributed by atoms with E-state index in [1.807, 2.05) is 0 Å². The number of hydrogen-bond donors (Lipinski definition) is 2. The average Bonchev–Trinajstić information content (AvgIpc) is 2.40. The molecule has 0 aliphatic rings. The maximum absolute atomic E-state index is 12.1. The van der Waals surface area contributed by atoms with E-state index in [1.54, 1.807) is 0 Å². The number of sulfonamides is 1. The Hall–Kier alpha value is -2.20. The molecule has 0 aromatic heterocycles. The summed E-state index contributed by atoms with van der Waals surface area (Å²) in [6.45, 7) is 1.05. The van der Waals surface area contributed by atoms with E-state index in [2.05, 4.69) is 9.46 Å². The zero-order valence-electron chi connectivity index (χ0n) is 11.4. The number of methoxy groups -OCH3 is 1. The molecule has 0 heterocycles. The predicted octanol–water partition coefficient (Wildman–Crippen LogP) is 0.145. The van der Waals surface area contributed by atoms with Crippen molar-refractivity contribution in [2.45, 2.75) is 12.2 Å². The van der Waals surface area contributed by atoms with Crippen LogP contribution in [0.2, 0.25) is 0 Å². The van der Waals surface area contributed by atoms with Crippen LogP contribution in [0.15, 0.2) is 18.2 Å². The minimum Gasteiger partial charge on any atom is -0.468 e. The maximum Gasteiger partial charge on any atom is 0.327 e. The molecule has 21 heavy (non-hydrogen) atoms. The lowest BCUT2D eigenvalue weighted by atomic mass is 10.2. The number of nitrogens with zero attached hydrogens (tertiary/aromatic N) is 1. The van der Waals surface area contributed by atoms with Crippen LogP contribution >= 0.6 is 0 Å². The summed E-state index contributed by atoms with van der Waals surface area (Å²) in [6, 6.07) is 3.61. The van der Waals surface area contributed by atoms with Gasteiger partial charge in [0.2, 0.25) is 10.0 Å². The summed E-state index contributed by atoms with van der Waals surface area (Å²) in [5.74, 6) is -0.982. The molecule has 0 amide bonds. The fourth-order valence-corrected chi connectivity index (χ4v) is 2.86. The molecular weight excluding hydrogens is 302 g/mol. The highest BCUT2D eigenvalue weighted by Gasteiger charge is 2.32. The van der Waals surface area contributed by atoms with Gasteiger partial charge in [-0.25, -0.2) is 8.42 Å². The number of non-ortho nitro benzene ring substituents is 1. The van der Waals surface area contributed by atoms with Crippen molar-refractivity contribution in [2.24, 2.45) is 5.73 Å². The van der Waals surface area contributed by atoms with Crippen molar-refractivity contribution >= 4 is 27.4 Å². The highest BCUT2D eigenvalue weighted by Crippen LogP contribution is 2.23. The van der Waals surface area contributed by atoms with Gasteiger partial charge in [0.25, 0.3) is 5.69 Å². The molecule has 1 atom stereocenters. The summed E-state index contributed by atoms with van der Waals surface area (Å²) in [6.07, 6.45) is 0.